The fourth-order valence-electron chi connectivity index (χ4n) is 2.58. The predicted octanol–water partition coefficient (Wildman–Crippen LogP) is 2.45. The number of nitrogens with one attached hydrogen (secondary N) is 1. The zero-order valence-electron chi connectivity index (χ0n) is 12.9. The van der Waals surface area contributed by atoms with E-state index in [1.54, 1.807) is 6.20 Å². The van der Waals surface area contributed by atoms with Gasteiger partial charge in [0.25, 0.3) is 0 Å². The van der Waals surface area contributed by atoms with Crippen molar-refractivity contribution in [2.75, 3.05) is 13.2 Å². The summed E-state index contributed by atoms with van der Waals surface area (Å²) >= 11 is 0. The molecule has 1 atom stereocenters. The first-order chi connectivity index (χ1) is 10.8. The Labute approximate surface area is 131 Å². The molecule has 1 aromatic heterocycles. The number of hydrogen-bond acceptors (Lipinski definition) is 4. The fourth-order valence-corrected chi connectivity index (χ4v) is 2.58. The van der Waals surface area contributed by atoms with Crippen LogP contribution in [0.5, 0.6) is 5.88 Å². The standard InChI is InChI=1S/C17H24N2O3/c20-16(6-5-15-2-1-9-21-15)19-11-14-7-8-18-17(10-14)22-12-13-3-4-13/h7-8,10,13,15H,1-6,9,11-12H2,(H,19,20). The molecule has 2 aliphatic rings. The average Bonchev–Trinajstić information content (AvgIpc) is 3.23. The van der Waals surface area contributed by atoms with E-state index in [-0.39, 0.29) is 12.0 Å². The third kappa shape index (κ3) is 4.98. The Kier molecular flexibility index (Phi) is 5.27. The molecule has 1 amide bonds. The van der Waals surface area contributed by atoms with E-state index < -0.39 is 0 Å². The molecule has 3 rings (SSSR count). The third-order valence-electron chi connectivity index (χ3n) is 4.17. The topological polar surface area (TPSA) is 60.5 Å². The van der Waals surface area contributed by atoms with Crippen molar-refractivity contribution in [1.29, 1.82) is 0 Å². The Bertz CT molecular complexity index is 496. The number of carbonyl (C=O) groups is 1. The minimum atomic E-state index is 0.0766. The van der Waals surface area contributed by atoms with E-state index in [1.165, 1.54) is 12.8 Å². The van der Waals surface area contributed by atoms with Gasteiger partial charge < -0.3 is 14.8 Å². The van der Waals surface area contributed by atoms with Crippen LogP contribution in [-0.4, -0.2) is 30.2 Å². The molecule has 1 aromatic rings. The van der Waals surface area contributed by atoms with Crippen molar-refractivity contribution in [2.24, 2.45) is 5.92 Å². The normalized spacial score (nSPS) is 20.8. The van der Waals surface area contributed by atoms with Gasteiger partial charge in [-0.3, -0.25) is 4.79 Å². The smallest absolute Gasteiger partial charge is 0.220 e. The van der Waals surface area contributed by atoms with Crippen LogP contribution in [0.2, 0.25) is 0 Å². The van der Waals surface area contributed by atoms with Gasteiger partial charge in [0.15, 0.2) is 0 Å². The molecule has 2 fully saturated rings. The summed E-state index contributed by atoms with van der Waals surface area (Å²) in [6, 6.07) is 3.81. The van der Waals surface area contributed by atoms with Gasteiger partial charge in [-0.1, -0.05) is 0 Å². The van der Waals surface area contributed by atoms with Crippen LogP contribution in [0.1, 0.15) is 44.1 Å². The molecule has 5 heteroatoms. The second kappa shape index (κ2) is 7.58. The molecule has 2 heterocycles. The zero-order valence-corrected chi connectivity index (χ0v) is 12.9. The molecule has 0 aromatic carbocycles. The highest BCUT2D eigenvalue weighted by atomic mass is 16.5. The Balaban J connectivity index is 1.37. The highest BCUT2D eigenvalue weighted by Crippen LogP contribution is 2.29. The van der Waals surface area contributed by atoms with Gasteiger partial charge in [-0.2, -0.15) is 0 Å². The monoisotopic (exact) mass is 304 g/mol. The minimum Gasteiger partial charge on any atom is -0.477 e. The molecule has 5 nitrogen and oxygen atoms in total. The predicted molar refractivity (Wildman–Crippen MR) is 82.5 cm³/mol. The number of aromatic nitrogens is 1. The molecule has 1 N–H and O–H groups in total. The lowest BCUT2D eigenvalue weighted by Crippen LogP contribution is -2.24. The quantitative estimate of drug-likeness (QED) is 0.801. The molecule has 0 radical (unpaired) electrons. The van der Waals surface area contributed by atoms with Crippen molar-refractivity contribution in [1.82, 2.24) is 10.3 Å². The first-order valence-corrected chi connectivity index (χ1v) is 8.25. The summed E-state index contributed by atoms with van der Waals surface area (Å²) in [6.07, 6.45) is 8.08. The zero-order chi connectivity index (χ0) is 15.2. The van der Waals surface area contributed by atoms with Crippen molar-refractivity contribution in [3.05, 3.63) is 23.9 Å². The van der Waals surface area contributed by atoms with Gasteiger partial charge in [0.1, 0.15) is 0 Å². The molecule has 0 bridgehead atoms. The first kappa shape index (κ1) is 15.3. The highest BCUT2D eigenvalue weighted by molar-refractivity contribution is 5.75. The van der Waals surface area contributed by atoms with E-state index in [2.05, 4.69) is 10.3 Å². The van der Waals surface area contributed by atoms with Crippen LogP contribution in [0.25, 0.3) is 0 Å². The van der Waals surface area contributed by atoms with E-state index >= 15 is 0 Å². The fraction of sp³-hybridized carbons (Fsp3) is 0.647. The second-order valence-corrected chi connectivity index (χ2v) is 6.21. The Morgan fingerprint density at radius 3 is 3.09 bits per heavy atom. The van der Waals surface area contributed by atoms with Gasteiger partial charge in [0.05, 0.1) is 12.7 Å². The molecule has 120 valence electrons. The minimum absolute atomic E-state index is 0.0766. The average molecular weight is 304 g/mol. The van der Waals surface area contributed by atoms with E-state index in [9.17, 15) is 4.79 Å². The van der Waals surface area contributed by atoms with Gasteiger partial charge in [0.2, 0.25) is 11.8 Å². The summed E-state index contributed by atoms with van der Waals surface area (Å²) in [5.41, 5.74) is 1.02. The summed E-state index contributed by atoms with van der Waals surface area (Å²) in [6.45, 7) is 2.11. The van der Waals surface area contributed by atoms with Crippen molar-refractivity contribution < 1.29 is 14.3 Å². The number of nitrogens with zero attached hydrogens (tertiary/aromatic N) is 1. The van der Waals surface area contributed by atoms with Crippen LogP contribution >= 0.6 is 0 Å². The van der Waals surface area contributed by atoms with Gasteiger partial charge in [-0.25, -0.2) is 4.98 Å². The second-order valence-electron chi connectivity index (χ2n) is 6.21. The maximum Gasteiger partial charge on any atom is 0.220 e. The molecule has 1 aliphatic heterocycles. The Morgan fingerprint density at radius 2 is 2.32 bits per heavy atom. The Hall–Kier alpha value is -1.62. The van der Waals surface area contributed by atoms with Crippen LogP contribution in [0.4, 0.5) is 0 Å². The van der Waals surface area contributed by atoms with Gasteiger partial charge in [0, 0.05) is 31.8 Å². The SMILES string of the molecule is O=C(CCC1CCCO1)NCc1ccnc(OCC2CC2)c1. The number of ether oxygens (including phenoxy) is 2. The maximum absolute atomic E-state index is 11.9. The first-order valence-electron chi connectivity index (χ1n) is 8.25. The number of amides is 1. The van der Waals surface area contributed by atoms with E-state index in [0.717, 1.165) is 38.0 Å². The molecular formula is C17H24N2O3. The van der Waals surface area contributed by atoms with Gasteiger partial charge in [-0.15, -0.1) is 0 Å². The highest BCUT2D eigenvalue weighted by Gasteiger charge is 2.22. The molecule has 22 heavy (non-hydrogen) atoms. The lowest BCUT2D eigenvalue weighted by molar-refractivity contribution is -0.121. The summed E-state index contributed by atoms with van der Waals surface area (Å²) < 4.78 is 11.2. The maximum atomic E-state index is 11.9. The van der Waals surface area contributed by atoms with E-state index in [4.69, 9.17) is 9.47 Å². The number of rotatable bonds is 8. The van der Waals surface area contributed by atoms with Crippen molar-refractivity contribution in [2.45, 2.75) is 51.2 Å². The van der Waals surface area contributed by atoms with Gasteiger partial charge >= 0.3 is 0 Å². The number of pyridine rings is 1. The van der Waals surface area contributed by atoms with Crippen molar-refractivity contribution in [3.63, 3.8) is 0 Å². The van der Waals surface area contributed by atoms with E-state index in [1.807, 2.05) is 12.1 Å². The summed E-state index contributed by atoms with van der Waals surface area (Å²) in [5, 5.41) is 2.95. The van der Waals surface area contributed by atoms with Crippen molar-refractivity contribution >= 4 is 5.91 Å². The largest absolute Gasteiger partial charge is 0.477 e. The van der Waals surface area contributed by atoms with Crippen LogP contribution in [0, 0.1) is 5.92 Å². The molecule has 1 aliphatic carbocycles. The molecule has 0 spiro atoms. The lowest BCUT2D eigenvalue weighted by atomic mass is 10.1. The molecule has 1 unspecified atom stereocenters. The molecular weight excluding hydrogens is 280 g/mol. The molecule has 1 saturated heterocycles. The lowest BCUT2D eigenvalue weighted by Gasteiger charge is -2.10. The molecule has 1 saturated carbocycles. The summed E-state index contributed by atoms with van der Waals surface area (Å²) in [7, 11) is 0. The summed E-state index contributed by atoms with van der Waals surface area (Å²) in [4.78, 5) is 16.1. The third-order valence-corrected chi connectivity index (χ3v) is 4.17. The number of hydrogen-bond donors (Lipinski definition) is 1. The number of carbonyl (C=O) groups excluding carboxylic acids is 1. The van der Waals surface area contributed by atoms with Crippen LogP contribution in [-0.2, 0) is 16.1 Å². The van der Waals surface area contributed by atoms with Crippen LogP contribution < -0.4 is 10.1 Å². The summed E-state index contributed by atoms with van der Waals surface area (Å²) in [5.74, 6) is 1.44. The van der Waals surface area contributed by atoms with Crippen LogP contribution in [0.15, 0.2) is 18.3 Å². The Morgan fingerprint density at radius 1 is 1.41 bits per heavy atom. The van der Waals surface area contributed by atoms with Crippen molar-refractivity contribution in [3.8, 4) is 5.88 Å². The van der Waals surface area contributed by atoms with E-state index in [0.29, 0.717) is 24.8 Å². The van der Waals surface area contributed by atoms with Crippen LogP contribution in [0.3, 0.4) is 0 Å². The van der Waals surface area contributed by atoms with Gasteiger partial charge in [-0.05, 0) is 49.7 Å².